The molecule has 0 aliphatic carbocycles. The molecule has 1 N–H and O–H groups in total. The Hall–Kier alpha value is -2.92. The van der Waals surface area contributed by atoms with Gasteiger partial charge in [0, 0.05) is 32.3 Å². The molecule has 0 unspecified atom stereocenters. The second kappa shape index (κ2) is 5.04. The van der Waals surface area contributed by atoms with Crippen molar-refractivity contribution in [1.82, 2.24) is 4.98 Å². The summed E-state index contributed by atoms with van der Waals surface area (Å²) in [7, 11) is 0. The average Bonchev–Trinajstić information content (AvgIpc) is 3.01. The number of aromatic amines is 1. The number of para-hydroxylation sites is 1. The molecule has 0 bridgehead atoms. The molecule has 0 fully saturated rings. The number of aromatic nitrogens is 1. The van der Waals surface area contributed by atoms with Crippen LogP contribution in [0.15, 0.2) is 65.1 Å². The zero-order valence-corrected chi connectivity index (χ0v) is 14.5. The van der Waals surface area contributed by atoms with Gasteiger partial charge in [0.15, 0.2) is 0 Å². The molecule has 0 aliphatic heterocycles. The molecule has 5 heteroatoms. The van der Waals surface area contributed by atoms with Crippen molar-refractivity contribution >= 4 is 54.2 Å². The van der Waals surface area contributed by atoms with E-state index in [0.717, 1.165) is 42.6 Å². The third-order valence-electron chi connectivity index (χ3n) is 4.76. The molecular weight excluding hydrogens is 380 g/mol. The Bertz CT molecular complexity index is 1290. The van der Waals surface area contributed by atoms with Crippen LogP contribution >= 0.6 is 15.9 Å². The van der Waals surface area contributed by atoms with E-state index in [1.807, 2.05) is 30.3 Å². The number of hydrogen-bond donors (Lipinski definition) is 1. The number of nitrogens with zero attached hydrogens (tertiary/aromatic N) is 1. The Morgan fingerprint density at radius 1 is 0.800 bits per heavy atom. The summed E-state index contributed by atoms with van der Waals surface area (Å²) < 4.78 is 1.04. The van der Waals surface area contributed by atoms with Crippen molar-refractivity contribution in [3.8, 4) is 11.1 Å². The maximum absolute atomic E-state index is 11.5. The van der Waals surface area contributed by atoms with Crippen LogP contribution < -0.4 is 0 Å². The fourth-order valence-corrected chi connectivity index (χ4v) is 4.17. The first-order chi connectivity index (χ1) is 12.1. The smallest absolute Gasteiger partial charge is 0.277 e. The normalized spacial score (nSPS) is 11.7. The first-order valence-electron chi connectivity index (χ1n) is 7.84. The van der Waals surface area contributed by atoms with Crippen LogP contribution in [0.1, 0.15) is 0 Å². The molecular formula is C20H11BrN2O2. The number of nitrogens with one attached hydrogen (secondary N) is 1. The second-order valence-electron chi connectivity index (χ2n) is 6.07. The first kappa shape index (κ1) is 14.4. The molecule has 4 nitrogen and oxygen atoms in total. The van der Waals surface area contributed by atoms with Gasteiger partial charge >= 0.3 is 0 Å². The van der Waals surface area contributed by atoms with Gasteiger partial charge in [0.1, 0.15) is 0 Å². The van der Waals surface area contributed by atoms with Gasteiger partial charge in [-0.1, -0.05) is 46.3 Å². The van der Waals surface area contributed by atoms with E-state index >= 15 is 0 Å². The minimum absolute atomic E-state index is 0.123. The van der Waals surface area contributed by atoms with Crippen molar-refractivity contribution in [2.45, 2.75) is 0 Å². The van der Waals surface area contributed by atoms with Crippen molar-refractivity contribution < 1.29 is 4.92 Å². The number of nitro groups is 1. The van der Waals surface area contributed by atoms with Gasteiger partial charge in [-0.05, 0) is 40.6 Å². The number of hydrogen-bond acceptors (Lipinski definition) is 2. The van der Waals surface area contributed by atoms with Crippen LogP contribution in [-0.2, 0) is 0 Å². The van der Waals surface area contributed by atoms with Crippen LogP contribution in [0.2, 0.25) is 0 Å². The van der Waals surface area contributed by atoms with Crippen molar-refractivity contribution in [1.29, 1.82) is 0 Å². The number of nitro benzene ring substituents is 1. The van der Waals surface area contributed by atoms with Gasteiger partial charge in [0.05, 0.1) is 10.5 Å². The van der Waals surface area contributed by atoms with E-state index in [1.54, 1.807) is 12.1 Å². The molecule has 0 aliphatic rings. The lowest BCUT2D eigenvalue weighted by molar-refractivity contribution is -0.384. The number of halogens is 1. The zero-order valence-electron chi connectivity index (χ0n) is 12.9. The molecule has 4 aromatic carbocycles. The Kier molecular flexibility index (Phi) is 2.91. The molecule has 1 aromatic heterocycles. The lowest BCUT2D eigenvalue weighted by atomic mass is 9.94. The van der Waals surface area contributed by atoms with Gasteiger partial charge in [-0.2, -0.15) is 0 Å². The molecule has 120 valence electrons. The predicted molar refractivity (Wildman–Crippen MR) is 104 cm³/mol. The highest BCUT2D eigenvalue weighted by Gasteiger charge is 2.19. The molecule has 0 radical (unpaired) electrons. The second-order valence-corrected chi connectivity index (χ2v) is 6.92. The fraction of sp³-hybridized carbons (Fsp3) is 0. The zero-order chi connectivity index (χ0) is 17.1. The Morgan fingerprint density at radius 3 is 2.28 bits per heavy atom. The topological polar surface area (TPSA) is 58.9 Å². The van der Waals surface area contributed by atoms with Gasteiger partial charge < -0.3 is 4.98 Å². The number of rotatable bonds is 2. The highest BCUT2D eigenvalue weighted by Crippen LogP contribution is 2.42. The highest BCUT2D eigenvalue weighted by atomic mass is 79.9. The van der Waals surface area contributed by atoms with Crippen molar-refractivity contribution in [3.63, 3.8) is 0 Å². The van der Waals surface area contributed by atoms with Crippen LogP contribution in [0.25, 0.3) is 43.7 Å². The molecule has 25 heavy (non-hydrogen) atoms. The lowest BCUT2D eigenvalue weighted by Crippen LogP contribution is -1.92. The summed E-state index contributed by atoms with van der Waals surface area (Å²) in [5.74, 6) is 0. The summed E-state index contributed by atoms with van der Waals surface area (Å²) in [6.07, 6.45) is 0. The maximum atomic E-state index is 11.5. The van der Waals surface area contributed by atoms with E-state index in [4.69, 9.17) is 0 Å². The van der Waals surface area contributed by atoms with E-state index in [2.05, 4.69) is 39.1 Å². The van der Waals surface area contributed by atoms with E-state index in [1.165, 1.54) is 0 Å². The van der Waals surface area contributed by atoms with Crippen molar-refractivity contribution in [2.75, 3.05) is 0 Å². The molecule has 5 aromatic rings. The van der Waals surface area contributed by atoms with Crippen LogP contribution in [0.4, 0.5) is 5.69 Å². The third kappa shape index (κ3) is 1.93. The predicted octanol–water partition coefficient (Wildman–Crippen LogP) is 6.25. The summed E-state index contributed by atoms with van der Waals surface area (Å²) in [4.78, 5) is 14.6. The quantitative estimate of drug-likeness (QED) is 0.220. The molecule has 0 saturated heterocycles. The SMILES string of the molecule is O=[N+]([O-])c1ccccc1-c1ccc2[nH]c3ccc(Br)c4ccc1c2c34. The van der Waals surface area contributed by atoms with E-state index in [9.17, 15) is 10.1 Å². The van der Waals surface area contributed by atoms with Crippen LogP contribution in [-0.4, -0.2) is 9.91 Å². The number of H-pyrrole nitrogens is 1. The molecule has 0 saturated carbocycles. The number of benzene rings is 4. The van der Waals surface area contributed by atoms with Crippen LogP contribution in [0.3, 0.4) is 0 Å². The minimum Gasteiger partial charge on any atom is -0.354 e. The summed E-state index contributed by atoms with van der Waals surface area (Å²) >= 11 is 3.62. The summed E-state index contributed by atoms with van der Waals surface area (Å²) in [5.41, 5.74) is 3.75. The van der Waals surface area contributed by atoms with Crippen molar-refractivity contribution in [3.05, 3.63) is 75.3 Å². The summed E-state index contributed by atoms with van der Waals surface area (Å²) in [5, 5.41) is 15.9. The van der Waals surface area contributed by atoms with Gasteiger partial charge in [-0.3, -0.25) is 10.1 Å². The van der Waals surface area contributed by atoms with Crippen molar-refractivity contribution in [2.24, 2.45) is 0 Å². The van der Waals surface area contributed by atoms with E-state index in [-0.39, 0.29) is 10.6 Å². The standard InChI is InChI=1S/C20H11BrN2O2/c21-15-8-10-17-20-14(15)6-5-13-11(7-9-16(22-17)19(13)20)12-3-1-2-4-18(12)23(24)25/h1-10,22H. The minimum atomic E-state index is -0.323. The van der Waals surface area contributed by atoms with E-state index < -0.39 is 0 Å². The van der Waals surface area contributed by atoms with Crippen LogP contribution in [0.5, 0.6) is 0 Å². The monoisotopic (exact) mass is 390 g/mol. The average molecular weight is 391 g/mol. The molecule has 0 amide bonds. The van der Waals surface area contributed by atoms with Crippen LogP contribution in [0, 0.1) is 10.1 Å². The Balaban J connectivity index is 1.96. The third-order valence-corrected chi connectivity index (χ3v) is 5.46. The lowest BCUT2D eigenvalue weighted by Gasteiger charge is -2.09. The van der Waals surface area contributed by atoms with E-state index in [0.29, 0.717) is 5.56 Å². The Morgan fingerprint density at radius 2 is 1.48 bits per heavy atom. The maximum Gasteiger partial charge on any atom is 0.277 e. The fourth-order valence-electron chi connectivity index (χ4n) is 3.70. The molecule has 0 atom stereocenters. The molecule has 5 rings (SSSR count). The summed E-state index contributed by atoms with van der Waals surface area (Å²) in [6.45, 7) is 0. The highest BCUT2D eigenvalue weighted by molar-refractivity contribution is 9.10. The largest absolute Gasteiger partial charge is 0.354 e. The van der Waals surface area contributed by atoms with Gasteiger partial charge in [0.2, 0.25) is 0 Å². The van der Waals surface area contributed by atoms with Gasteiger partial charge in [-0.15, -0.1) is 0 Å². The van der Waals surface area contributed by atoms with Gasteiger partial charge in [-0.25, -0.2) is 0 Å². The van der Waals surface area contributed by atoms with Gasteiger partial charge in [0.25, 0.3) is 5.69 Å². The molecule has 1 heterocycles. The Labute approximate surface area is 150 Å². The summed E-state index contributed by atoms with van der Waals surface area (Å²) in [6, 6.07) is 19.1. The first-order valence-corrected chi connectivity index (χ1v) is 8.63. The molecule has 0 spiro atoms.